The summed E-state index contributed by atoms with van der Waals surface area (Å²) in [4.78, 5) is 28.8. The van der Waals surface area contributed by atoms with E-state index in [2.05, 4.69) is 21.2 Å². The fourth-order valence-corrected chi connectivity index (χ4v) is 6.02. The van der Waals surface area contributed by atoms with E-state index in [0.717, 1.165) is 21.9 Å². The van der Waals surface area contributed by atoms with Gasteiger partial charge in [-0.25, -0.2) is 8.42 Å². The first-order chi connectivity index (χ1) is 19.6. The van der Waals surface area contributed by atoms with E-state index >= 15 is 0 Å². The van der Waals surface area contributed by atoms with Crippen molar-refractivity contribution >= 4 is 43.5 Å². The molecule has 41 heavy (non-hydrogen) atoms. The zero-order valence-electron chi connectivity index (χ0n) is 23.8. The topological polar surface area (TPSA) is 96.0 Å². The largest absolute Gasteiger partial charge is 0.492 e. The molecule has 3 aromatic carbocycles. The van der Waals surface area contributed by atoms with E-state index in [4.69, 9.17) is 4.74 Å². The number of nitrogens with one attached hydrogen (secondary N) is 1. The van der Waals surface area contributed by atoms with Gasteiger partial charge in [0.2, 0.25) is 21.8 Å². The van der Waals surface area contributed by atoms with Crippen LogP contribution in [0.1, 0.15) is 37.8 Å². The maximum atomic E-state index is 13.9. The third-order valence-electron chi connectivity index (χ3n) is 6.45. The van der Waals surface area contributed by atoms with Crippen LogP contribution in [-0.2, 0) is 32.6 Å². The predicted molar refractivity (Wildman–Crippen MR) is 166 cm³/mol. The van der Waals surface area contributed by atoms with Gasteiger partial charge in [0, 0.05) is 36.9 Å². The third-order valence-corrected chi connectivity index (χ3v) is 8.12. The van der Waals surface area contributed by atoms with E-state index in [-0.39, 0.29) is 37.7 Å². The average Bonchev–Trinajstić information content (AvgIpc) is 2.93. The van der Waals surface area contributed by atoms with Crippen molar-refractivity contribution in [3.8, 4) is 5.75 Å². The summed E-state index contributed by atoms with van der Waals surface area (Å²) in [6.07, 6.45) is 1.81. The number of benzene rings is 3. The molecule has 10 heteroatoms. The van der Waals surface area contributed by atoms with Gasteiger partial charge in [-0.1, -0.05) is 70.5 Å². The second-order valence-electron chi connectivity index (χ2n) is 9.59. The lowest BCUT2D eigenvalue weighted by Gasteiger charge is -2.32. The number of nitrogens with zero attached hydrogens (tertiary/aromatic N) is 2. The molecule has 1 N–H and O–H groups in total. The van der Waals surface area contributed by atoms with Gasteiger partial charge in [-0.05, 0) is 55.7 Å². The Morgan fingerprint density at radius 3 is 2.29 bits per heavy atom. The number of ether oxygens (including phenoxy) is 1. The highest BCUT2D eigenvalue weighted by Gasteiger charge is 2.30. The summed E-state index contributed by atoms with van der Waals surface area (Å²) in [5.74, 6) is -0.00555. The lowest BCUT2D eigenvalue weighted by Crippen LogP contribution is -2.50. The lowest BCUT2D eigenvalue weighted by molar-refractivity contribution is -0.141. The molecule has 0 fully saturated rings. The Balaban J connectivity index is 1.88. The summed E-state index contributed by atoms with van der Waals surface area (Å²) in [5.41, 5.74) is 2.24. The van der Waals surface area contributed by atoms with Crippen LogP contribution in [0.25, 0.3) is 0 Å². The predicted octanol–water partition coefficient (Wildman–Crippen LogP) is 5.17. The van der Waals surface area contributed by atoms with Crippen molar-refractivity contribution < 1.29 is 22.7 Å². The number of anilines is 1. The molecule has 0 aliphatic carbocycles. The number of carbonyl (C=O) groups is 2. The lowest BCUT2D eigenvalue weighted by atomic mass is 10.0. The first-order valence-corrected chi connectivity index (χ1v) is 16.3. The second-order valence-corrected chi connectivity index (χ2v) is 12.4. The van der Waals surface area contributed by atoms with Gasteiger partial charge in [0.25, 0.3) is 0 Å². The van der Waals surface area contributed by atoms with E-state index < -0.39 is 16.1 Å². The number of sulfonamides is 1. The molecule has 3 aromatic rings. The summed E-state index contributed by atoms with van der Waals surface area (Å²) in [7, 11) is -3.65. The SMILES string of the molecule is CCNC(=O)[C@@H](Cc1ccccc1)N(Cc1cccc(Br)c1)C(=O)CCCN(c1ccccc1OCC)S(C)(=O)=O. The Labute approximate surface area is 251 Å². The van der Waals surface area contributed by atoms with Crippen LogP contribution in [0.5, 0.6) is 5.75 Å². The van der Waals surface area contributed by atoms with Gasteiger partial charge in [-0.3, -0.25) is 13.9 Å². The summed E-state index contributed by atoms with van der Waals surface area (Å²) in [6.45, 7) is 4.82. The van der Waals surface area contributed by atoms with E-state index in [0.29, 0.717) is 31.0 Å². The first kappa shape index (κ1) is 32.1. The van der Waals surface area contributed by atoms with Crippen molar-refractivity contribution in [2.45, 2.75) is 45.7 Å². The molecule has 220 valence electrons. The molecule has 0 aromatic heterocycles. The van der Waals surface area contributed by atoms with Gasteiger partial charge in [0.15, 0.2) is 0 Å². The Bertz CT molecular complexity index is 1400. The molecule has 1 atom stereocenters. The minimum absolute atomic E-state index is 0.0571. The standard InChI is InChI=1S/C31H38BrN3O5S/c1-4-33-31(37)28(22-24-13-7-6-8-14-24)34(23-25-15-11-16-26(32)21-25)30(36)19-12-20-35(41(3,38)39)27-17-9-10-18-29(27)40-5-2/h6-11,13-18,21,28H,4-5,12,19-20,22-23H2,1-3H3,(H,33,37)/t28-/m1/s1. The van der Waals surface area contributed by atoms with E-state index in [9.17, 15) is 18.0 Å². The molecule has 0 bridgehead atoms. The number of hydrogen-bond donors (Lipinski definition) is 1. The van der Waals surface area contributed by atoms with Crippen molar-refractivity contribution in [2.24, 2.45) is 0 Å². The van der Waals surface area contributed by atoms with Crippen LogP contribution in [0.3, 0.4) is 0 Å². The molecule has 0 saturated heterocycles. The highest BCUT2D eigenvalue weighted by Crippen LogP contribution is 2.30. The molecule has 8 nitrogen and oxygen atoms in total. The Morgan fingerprint density at radius 1 is 0.951 bits per heavy atom. The number of rotatable bonds is 15. The number of hydrogen-bond acceptors (Lipinski definition) is 5. The fourth-order valence-electron chi connectivity index (χ4n) is 4.60. The van der Waals surface area contributed by atoms with Crippen molar-refractivity contribution in [1.82, 2.24) is 10.2 Å². The normalized spacial score (nSPS) is 11.9. The Hall–Kier alpha value is -3.37. The zero-order chi connectivity index (χ0) is 29.8. The Morgan fingerprint density at radius 2 is 1.63 bits per heavy atom. The molecule has 0 aliphatic rings. The molecule has 0 saturated carbocycles. The van der Waals surface area contributed by atoms with Gasteiger partial charge in [0.05, 0.1) is 18.6 Å². The molecular formula is C31H38BrN3O5S. The molecule has 0 spiro atoms. The molecule has 0 radical (unpaired) electrons. The van der Waals surface area contributed by atoms with Crippen LogP contribution >= 0.6 is 15.9 Å². The summed E-state index contributed by atoms with van der Waals surface area (Å²) in [5, 5.41) is 2.89. The van der Waals surface area contributed by atoms with Crippen LogP contribution in [0.2, 0.25) is 0 Å². The van der Waals surface area contributed by atoms with Crippen LogP contribution in [0.15, 0.2) is 83.3 Å². The van der Waals surface area contributed by atoms with Crippen LogP contribution in [-0.4, -0.2) is 57.1 Å². The molecule has 3 rings (SSSR count). The van der Waals surface area contributed by atoms with Crippen LogP contribution < -0.4 is 14.4 Å². The quantitative estimate of drug-likeness (QED) is 0.247. The van der Waals surface area contributed by atoms with Crippen LogP contribution in [0, 0.1) is 0 Å². The summed E-state index contributed by atoms with van der Waals surface area (Å²) >= 11 is 3.49. The zero-order valence-corrected chi connectivity index (χ0v) is 26.2. The van der Waals surface area contributed by atoms with Gasteiger partial charge in [-0.15, -0.1) is 0 Å². The van der Waals surface area contributed by atoms with Gasteiger partial charge in [0.1, 0.15) is 11.8 Å². The van der Waals surface area contributed by atoms with Crippen LogP contribution in [0.4, 0.5) is 5.69 Å². The molecule has 0 heterocycles. The summed E-state index contributed by atoms with van der Waals surface area (Å²) in [6, 6.07) is 23.4. The van der Waals surface area contributed by atoms with Gasteiger partial charge >= 0.3 is 0 Å². The summed E-state index contributed by atoms with van der Waals surface area (Å²) < 4.78 is 33.3. The maximum Gasteiger partial charge on any atom is 0.243 e. The van der Waals surface area contributed by atoms with E-state index in [1.165, 1.54) is 4.31 Å². The first-order valence-electron chi connectivity index (χ1n) is 13.7. The minimum Gasteiger partial charge on any atom is -0.492 e. The number of halogens is 1. The monoisotopic (exact) mass is 643 g/mol. The highest BCUT2D eigenvalue weighted by atomic mass is 79.9. The van der Waals surface area contributed by atoms with E-state index in [1.807, 2.05) is 68.4 Å². The molecular weight excluding hydrogens is 606 g/mol. The van der Waals surface area contributed by atoms with Crippen molar-refractivity contribution in [1.29, 1.82) is 0 Å². The van der Waals surface area contributed by atoms with Gasteiger partial charge < -0.3 is 15.0 Å². The smallest absolute Gasteiger partial charge is 0.243 e. The molecule has 2 amide bonds. The third kappa shape index (κ3) is 9.60. The van der Waals surface area contributed by atoms with Crippen molar-refractivity contribution in [2.75, 3.05) is 30.3 Å². The number of amides is 2. The highest BCUT2D eigenvalue weighted by molar-refractivity contribution is 9.10. The minimum atomic E-state index is -3.65. The number of likely N-dealkylation sites (N-methyl/N-ethyl adjacent to an activating group) is 1. The van der Waals surface area contributed by atoms with Crippen molar-refractivity contribution in [3.05, 3.63) is 94.5 Å². The molecule has 0 aliphatic heterocycles. The van der Waals surface area contributed by atoms with E-state index in [1.54, 1.807) is 29.2 Å². The Kier molecular flexibility index (Phi) is 12.2. The molecule has 0 unspecified atom stereocenters. The van der Waals surface area contributed by atoms with Crippen molar-refractivity contribution in [3.63, 3.8) is 0 Å². The average molecular weight is 645 g/mol. The number of carbonyl (C=O) groups excluding carboxylic acids is 2. The number of para-hydroxylation sites is 2. The maximum absolute atomic E-state index is 13.9. The fraction of sp³-hybridized carbons (Fsp3) is 0.355. The second kappa shape index (κ2) is 15.6. The van der Waals surface area contributed by atoms with Gasteiger partial charge in [-0.2, -0.15) is 0 Å².